The molecule has 100 valence electrons. The van der Waals surface area contributed by atoms with Crippen LogP contribution in [0.25, 0.3) is 0 Å². The minimum atomic E-state index is 0.379. The van der Waals surface area contributed by atoms with Crippen molar-refractivity contribution in [2.75, 3.05) is 42.4 Å². The summed E-state index contributed by atoms with van der Waals surface area (Å²) in [6.45, 7) is 2.47. The lowest BCUT2D eigenvalue weighted by Gasteiger charge is -2.23. The fraction of sp³-hybridized carbons (Fsp3) is 0.727. The molecule has 2 rings (SSSR count). The Kier molecular flexibility index (Phi) is 4.46. The summed E-state index contributed by atoms with van der Waals surface area (Å²) in [7, 11) is 3.82. The van der Waals surface area contributed by atoms with Crippen molar-refractivity contribution >= 4 is 23.7 Å². The van der Waals surface area contributed by atoms with Gasteiger partial charge >= 0.3 is 6.01 Å². The molecule has 0 aliphatic carbocycles. The van der Waals surface area contributed by atoms with E-state index in [1.165, 1.54) is 12.2 Å². The maximum absolute atomic E-state index is 5.37. The smallest absolute Gasteiger partial charge is 0.323 e. The first kappa shape index (κ1) is 13.2. The number of hydrogen-bond donors (Lipinski definition) is 1. The Morgan fingerprint density at radius 3 is 2.89 bits per heavy atom. The molecule has 1 aromatic heterocycles. The van der Waals surface area contributed by atoms with Gasteiger partial charge in [-0.1, -0.05) is 0 Å². The van der Waals surface area contributed by atoms with Gasteiger partial charge in [-0.25, -0.2) is 0 Å². The van der Waals surface area contributed by atoms with Crippen LogP contribution in [0.1, 0.15) is 13.3 Å². The van der Waals surface area contributed by atoms with Crippen molar-refractivity contribution in [2.45, 2.75) is 19.4 Å². The van der Waals surface area contributed by atoms with Crippen LogP contribution >= 0.6 is 11.8 Å². The Labute approximate surface area is 112 Å². The number of hydrogen-bond acceptors (Lipinski definition) is 7. The molecule has 1 unspecified atom stereocenters. The number of nitrogens with one attached hydrogen (secondary N) is 1. The zero-order chi connectivity index (χ0) is 13.0. The second kappa shape index (κ2) is 6.08. The van der Waals surface area contributed by atoms with E-state index >= 15 is 0 Å². The van der Waals surface area contributed by atoms with Gasteiger partial charge in [0.1, 0.15) is 0 Å². The highest BCUT2D eigenvalue weighted by molar-refractivity contribution is 7.99. The first-order valence-electron chi connectivity index (χ1n) is 6.11. The normalized spacial score (nSPS) is 18.7. The summed E-state index contributed by atoms with van der Waals surface area (Å²) in [4.78, 5) is 15.0. The van der Waals surface area contributed by atoms with Gasteiger partial charge in [0.25, 0.3) is 0 Å². The Balaban J connectivity index is 2.21. The van der Waals surface area contributed by atoms with Crippen LogP contribution in [0.4, 0.5) is 11.9 Å². The average molecular weight is 269 g/mol. The van der Waals surface area contributed by atoms with Crippen molar-refractivity contribution in [3.63, 3.8) is 0 Å². The molecule has 6 nitrogen and oxygen atoms in total. The maximum atomic E-state index is 5.37. The number of anilines is 2. The van der Waals surface area contributed by atoms with Crippen LogP contribution in [0.3, 0.4) is 0 Å². The molecule has 0 amide bonds. The molecule has 0 aromatic carbocycles. The summed E-state index contributed by atoms with van der Waals surface area (Å²) < 4.78 is 5.37. The Morgan fingerprint density at radius 1 is 1.44 bits per heavy atom. The summed E-state index contributed by atoms with van der Waals surface area (Å²) in [5.74, 6) is 3.55. The highest BCUT2D eigenvalue weighted by Crippen LogP contribution is 2.25. The van der Waals surface area contributed by atoms with E-state index < -0.39 is 0 Å². The van der Waals surface area contributed by atoms with Crippen LogP contribution in [-0.2, 0) is 0 Å². The number of nitrogens with zero attached hydrogens (tertiary/aromatic N) is 4. The lowest BCUT2D eigenvalue weighted by Crippen LogP contribution is -2.33. The molecule has 1 atom stereocenters. The van der Waals surface area contributed by atoms with E-state index in [4.69, 9.17) is 4.74 Å². The molecule has 7 heteroatoms. The van der Waals surface area contributed by atoms with Gasteiger partial charge in [0.05, 0.1) is 6.61 Å². The third-order valence-corrected chi connectivity index (χ3v) is 4.01. The summed E-state index contributed by atoms with van der Waals surface area (Å²) in [6, 6.07) is 0.876. The largest absolute Gasteiger partial charge is 0.464 e. The van der Waals surface area contributed by atoms with Crippen molar-refractivity contribution in [3.8, 4) is 6.01 Å². The molecule has 1 saturated heterocycles. The predicted octanol–water partition coefficient (Wildman–Crippen LogP) is 1.25. The van der Waals surface area contributed by atoms with E-state index in [0.717, 1.165) is 5.75 Å². The molecule has 0 spiro atoms. The highest BCUT2D eigenvalue weighted by Gasteiger charge is 2.23. The van der Waals surface area contributed by atoms with Crippen molar-refractivity contribution in [2.24, 2.45) is 0 Å². The topological polar surface area (TPSA) is 63.2 Å². The average Bonchev–Trinajstić information content (AvgIpc) is 2.91. The fourth-order valence-electron chi connectivity index (χ4n) is 1.80. The Hall–Kier alpha value is -1.24. The third kappa shape index (κ3) is 2.95. The van der Waals surface area contributed by atoms with Crippen LogP contribution in [0.5, 0.6) is 6.01 Å². The first-order valence-corrected chi connectivity index (χ1v) is 7.27. The highest BCUT2D eigenvalue weighted by atomic mass is 32.2. The minimum absolute atomic E-state index is 0.379. The van der Waals surface area contributed by atoms with Gasteiger partial charge in [-0.2, -0.15) is 26.7 Å². The molecular formula is C11H19N5OS. The summed E-state index contributed by atoms with van der Waals surface area (Å²) in [6.07, 6.45) is 1.17. The predicted molar refractivity (Wildman–Crippen MR) is 74.7 cm³/mol. The van der Waals surface area contributed by atoms with Gasteiger partial charge in [0.2, 0.25) is 11.9 Å². The first-order chi connectivity index (χ1) is 8.74. The lowest BCUT2D eigenvalue weighted by molar-refractivity contribution is 0.312. The number of aromatic nitrogens is 3. The molecule has 1 aliphatic heterocycles. The molecular weight excluding hydrogens is 250 g/mol. The van der Waals surface area contributed by atoms with Crippen molar-refractivity contribution in [3.05, 3.63) is 0 Å². The second-order valence-electron chi connectivity index (χ2n) is 4.05. The SMILES string of the molecule is CCOc1nc(NC)nc(N(C)C2CCSC2)n1. The molecule has 1 N–H and O–H groups in total. The van der Waals surface area contributed by atoms with E-state index in [1.54, 1.807) is 7.05 Å². The van der Waals surface area contributed by atoms with Gasteiger partial charge in [-0.3, -0.25) is 0 Å². The molecule has 1 aliphatic rings. The molecule has 2 heterocycles. The molecule has 1 aromatic rings. The van der Waals surface area contributed by atoms with Crippen molar-refractivity contribution in [1.29, 1.82) is 0 Å². The van der Waals surface area contributed by atoms with E-state index in [2.05, 4.69) is 25.2 Å². The van der Waals surface area contributed by atoms with Crippen molar-refractivity contribution < 1.29 is 4.74 Å². The number of thioether (sulfide) groups is 1. The Morgan fingerprint density at radius 2 is 2.28 bits per heavy atom. The zero-order valence-corrected chi connectivity index (χ0v) is 11.8. The molecule has 0 bridgehead atoms. The van der Waals surface area contributed by atoms with E-state index in [-0.39, 0.29) is 0 Å². The van der Waals surface area contributed by atoms with E-state index in [0.29, 0.717) is 30.6 Å². The Bertz CT molecular complexity index is 397. The quantitative estimate of drug-likeness (QED) is 0.863. The summed E-state index contributed by atoms with van der Waals surface area (Å²) in [5, 5.41) is 2.94. The van der Waals surface area contributed by atoms with Crippen molar-refractivity contribution in [1.82, 2.24) is 15.0 Å². The standard InChI is InChI=1S/C11H19N5OS/c1-4-17-11-14-9(12-2)13-10(15-11)16(3)8-5-6-18-7-8/h8H,4-7H2,1-3H3,(H,12,13,14,15). The van der Waals surface area contributed by atoms with Gasteiger partial charge in [0, 0.05) is 25.9 Å². The monoisotopic (exact) mass is 269 g/mol. The number of ether oxygens (including phenoxy) is 1. The van der Waals surface area contributed by atoms with Gasteiger partial charge < -0.3 is 15.0 Å². The van der Waals surface area contributed by atoms with Crippen LogP contribution in [0, 0.1) is 0 Å². The fourth-order valence-corrected chi connectivity index (χ4v) is 3.07. The van der Waals surface area contributed by atoms with E-state index in [9.17, 15) is 0 Å². The minimum Gasteiger partial charge on any atom is -0.464 e. The molecule has 1 fully saturated rings. The van der Waals surface area contributed by atoms with Crippen LogP contribution in [-0.4, -0.2) is 53.2 Å². The molecule has 0 radical (unpaired) electrons. The second-order valence-corrected chi connectivity index (χ2v) is 5.20. The maximum Gasteiger partial charge on any atom is 0.323 e. The van der Waals surface area contributed by atoms with Crippen LogP contribution < -0.4 is 15.0 Å². The molecule has 0 saturated carbocycles. The lowest BCUT2D eigenvalue weighted by atomic mass is 10.2. The molecule has 18 heavy (non-hydrogen) atoms. The number of rotatable bonds is 5. The van der Waals surface area contributed by atoms with E-state index in [1.807, 2.05) is 25.7 Å². The summed E-state index contributed by atoms with van der Waals surface area (Å²) >= 11 is 1.97. The van der Waals surface area contributed by atoms with Gasteiger partial charge in [0.15, 0.2) is 0 Å². The van der Waals surface area contributed by atoms with Gasteiger partial charge in [-0.15, -0.1) is 0 Å². The van der Waals surface area contributed by atoms with Gasteiger partial charge in [-0.05, 0) is 19.1 Å². The summed E-state index contributed by atoms with van der Waals surface area (Å²) in [5.41, 5.74) is 0. The van der Waals surface area contributed by atoms with Crippen LogP contribution in [0.15, 0.2) is 0 Å². The third-order valence-electron chi connectivity index (χ3n) is 2.87. The zero-order valence-electron chi connectivity index (χ0n) is 11.0. The van der Waals surface area contributed by atoms with Crippen LogP contribution in [0.2, 0.25) is 0 Å².